The zero-order chi connectivity index (χ0) is 22.7. The smallest absolute Gasteiger partial charge is 0.246 e. The topological polar surface area (TPSA) is 87.7 Å². The third-order valence-electron chi connectivity index (χ3n) is 5.19. The molecule has 1 aliphatic heterocycles. The molecule has 0 aliphatic carbocycles. The van der Waals surface area contributed by atoms with Crippen molar-refractivity contribution in [1.82, 2.24) is 10.6 Å². The minimum absolute atomic E-state index is 0.0544. The largest absolute Gasteiger partial charge is 0.495 e. The van der Waals surface area contributed by atoms with E-state index in [0.717, 1.165) is 17.7 Å². The van der Waals surface area contributed by atoms with Gasteiger partial charge in [-0.3, -0.25) is 14.4 Å². The van der Waals surface area contributed by atoms with E-state index in [4.69, 9.17) is 4.74 Å². The van der Waals surface area contributed by atoms with Crippen LogP contribution in [0.5, 0.6) is 5.75 Å². The van der Waals surface area contributed by atoms with Crippen molar-refractivity contribution in [1.29, 1.82) is 0 Å². The predicted octanol–water partition coefficient (Wildman–Crippen LogP) is 2.24. The lowest BCUT2D eigenvalue weighted by Gasteiger charge is -2.22. The average Bonchev–Trinajstić information content (AvgIpc) is 3.15. The Morgan fingerprint density at radius 3 is 2.55 bits per heavy atom. The summed E-state index contributed by atoms with van der Waals surface area (Å²) in [4.78, 5) is 39.3. The number of amides is 3. The summed E-state index contributed by atoms with van der Waals surface area (Å²) in [6, 6.07) is 7.13. The number of nitrogens with one attached hydrogen (secondary N) is 2. The van der Waals surface area contributed by atoms with Crippen LogP contribution in [-0.4, -0.2) is 38.4 Å². The van der Waals surface area contributed by atoms with Gasteiger partial charge >= 0.3 is 0 Å². The second kappa shape index (κ2) is 9.11. The molecule has 164 valence electrons. The van der Waals surface area contributed by atoms with E-state index in [1.807, 2.05) is 13.0 Å². The summed E-state index contributed by atoms with van der Waals surface area (Å²) in [5, 5.41) is 4.95. The molecule has 1 fully saturated rings. The van der Waals surface area contributed by atoms with Crippen LogP contribution in [0.25, 0.3) is 0 Å². The molecule has 0 spiro atoms. The molecule has 9 heteroatoms. The number of hydrogen-bond acceptors (Lipinski definition) is 4. The Labute approximate surface area is 178 Å². The molecular formula is C22H23F2N3O4. The van der Waals surface area contributed by atoms with Crippen molar-refractivity contribution in [3.63, 3.8) is 0 Å². The molecule has 0 radical (unpaired) electrons. The quantitative estimate of drug-likeness (QED) is 0.735. The second-order valence-corrected chi connectivity index (χ2v) is 7.31. The number of rotatable bonds is 6. The summed E-state index contributed by atoms with van der Waals surface area (Å²) < 4.78 is 32.3. The Hall–Kier alpha value is -3.49. The lowest BCUT2D eigenvalue weighted by molar-refractivity contribution is -0.131. The van der Waals surface area contributed by atoms with E-state index in [1.54, 1.807) is 12.1 Å². The Morgan fingerprint density at radius 2 is 1.90 bits per heavy atom. The van der Waals surface area contributed by atoms with Crippen LogP contribution in [0.1, 0.15) is 23.6 Å². The first-order valence-electron chi connectivity index (χ1n) is 9.67. The first-order valence-corrected chi connectivity index (χ1v) is 9.67. The molecule has 1 aliphatic rings. The molecule has 1 saturated heterocycles. The molecular weight excluding hydrogens is 408 g/mol. The minimum Gasteiger partial charge on any atom is -0.495 e. The number of halogens is 2. The first-order chi connectivity index (χ1) is 14.7. The maximum Gasteiger partial charge on any atom is 0.246 e. The van der Waals surface area contributed by atoms with Crippen molar-refractivity contribution in [3.05, 3.63) is 59.2 Å². The van der Waals surface area contributed by atoms with E-state index in [9.17, 15) is 23.2 Å². The van der Waals surface area contributed by atoms with Gasteiger partial charge in [-0.25, -0.2) is 8.78 Å². The molecule has 0 saturated carbocycles. The molecule has 2 atom stereocenters. The molecule has 3 amide bonds. The van der Waals surface area contributed by atoms with Crippen molar-refractivity contribution in [3.8, 4) is 5.75 Å². The second-order valence-electron chi connectivity index (χ2n) is 7.31. The summed E-state index contributed by atoms with van der Waals surface area (Å²) in [6.07, 6.45) is -0.0544. The first kappa shape index (κ1) is 22.2. The molecule has 1 heterocycles. The maximum atomic E-state index is 13.7. The number of hydrogen-bond donors (Lipinski definition) is 2. The fourth-order valence-corrected chi connectivity index (χ4v) is 3.52. The van der Waals surface area contributed by atoms with Crippen LogP contribution in [0.2, 0.25) is 0 Å². The maximum absolute atomic E-state index is 13.7. The monoisotopic (exact) mass is 431 g/mol. The van der Waals surface area contributed by atoms with Gasteiger partial charge in [0.25, 0.3) is 0 Å². The fraction of sp³-hybridized carbons (Fsp3) is 0.318. The van der Waals surface area contributed by atoms with E-state index in [-0.39, 0.29) is 24.4 Å². The van der Waals surface area contributed by atoms with Crippen molar-refractivity contribution in [2.75, 3.05) is 25.6 Å². The zero-order valence-corrected chi connectivity index (χ0v) is 17.4. The van der Waals surface area contributed by atoms with Gasteiger partial charge in [0, 0.05) is 20.0 Å². The molecule has 3 rings (SSSR count). The lowest BCUT2D eigenvalue weighted by atomic mass is 10.0. The summed E-state index contributed by atoms with van der Waals surface area (Å²) in [7, 11) is 2.86. The predicted molar refractivity (Wildman–Crippen MR) is 109 cm³/mol. The van der Waals surface area contributed by atoms with Gasteiger partial charge in [-0.1, -0.05) is 12.1 Å². The van der Waals surface area contributed by atoms with Crippen molar-refractivity contribution < 1.29 is 27.9 Å². The van der Waals surface area contributed by atoms with Crippen LogP contribution in [0.4, 0.5) is 14.5 Å². The average molecular weight is 431 g/mol. The molecule has 31 heavy (non-hydrogen) atoms. The van der Waals surface area contributed by atoms with E-state index in [0.29, 0.717) is 11.4 Å². The van der Waals surface area contributed by atoms with Crippen LogP contribution >= 0.6 is 0 Å². The van der Waals surface area contributed by atoms with Crippen LogP contribution in [-0.2, 0) is 14.4 Å². The van der Waals surface area contributed by atoms with Gasteiger partial charge < -0.3 is 20.3 Å². The Bertz CT molecular complexity index is 1030. The highest BCUT2D eigenvalue weighted by Gasteiger charge is 2.38. The van der Waals surface area contributed by atoms with Gasteiger partial charge in [0.2, 0.25) is 17.7 Å². The van der Waals surface area contributed by atoms with Crippen LogP contribution < -0.4 is 20.3 Å². The number of aryl methyl sites for hydroxylation is 1. The highest BCUT2D eigenvalue weighted by Crippen LogP contribution is 2.34. The van der Waals surface area contributed by atoms with Crippen molar-refractivity contribution >= 4 is 23.4 Å². The molecule has 0 aromatic heterocycles. The van der Waals surface area contributed by atoms with Gasteiger partial charge in [0.15, 0.2) is 11.6 Å². The molecule has 2 N–H and O–H groups in total. The van der Waals surface area contributed by atoms with Gasteiger partial charge in [-0.15, -0.1) is 0 Å². The summed E-state index contributed by atoms with van der Waals surface area (Å²) >= 11 is 0. The molecule has 2 aromatic rings. The third kappa shape index (κ3) is 4.65. The number of likely N-dealkylation sites (N-methyl/N-ethyl adjacent to an activating group) is 1. The number of carbonyl (C=O) groups excluding carboxylic acids is 3. The standard InChI is InChI=1S/C22H23F2N3O4/c1-12-4-7-18(31-3)17(8-12)27-11-14(10-19(27)28)21(29)26-20(22(30)25-2)13-5-6-15(23)16(24)9-13/h4-9,14,20H,10-11H2,1-3H3,(H,25,30)(H,26,29). The number of carbonyl (C=O) groups is 3. The molecule has 2 aromatic carbocycles. The van der Waals surface area contributed by atoms with Crippen molar-refractivity contribution in [2.45, 2.75) is 19.4 Å². The van der Waals surface area contributed by atoms with Crippen LogP contribution in [0.3, 0.4) is 0 Å². The van der Waals surface area contributed by atoms with Gasteiger partial charge in [-0.05, 0) is 42.3 Å². The normalized spacial score (nSPS) is 16.7. The number of methoxy groups -OCH3 is 1. The summed E-state index contributed by atoms with van der Waals surface area (Å²) in [5.41, 5.74) is 1.58. The van der Waals surface area contributed by atoms with E-state index < -0.39 is 35.4 Å². The number of ether oxygens (including phenoxy) is 1. The Balaban J connectivity index is 1.80. The van der Waals surface area contributed by atoms with Gasteiger partial charge in [-0.2, -0.15) is 0 Å². The Morgan fingerprint density at radius 1 is 1.16 bits per heavy atom. The van der Waals surface area contributed by atoms with Crippen LogP contribution in [0.15, 0.2) is 36.4 Å². The fourth-order valence-electron chi connectivity index (χ4n) is 3.52. The highest BCUT2D eigenvalue weighted by atomic mass is 19.2. The van der Waals surface area contributed by atoms with E-state index >= 15 is 0 Å². The molecule has 0 bridgehead atoms. The Kier molecular flexibility index (Phi) is 6.53. The van der Waals surface area contributed by atoms with Crippen molar-refractivity contribution in [2.24, 2.45) is 5.92 Å². The highest BCUT2D eigenvalue weighted by molar-refractivity contribution is 6.02. The molecule has 2 unspecified atom stereocenters. The van der Waals surface area contributed by atoms with Gasteiger partial charge in [0.05, 0.1) is 18.7 Å². The van der Waals surface area contributed by atoms with Crippen LogP contribution in [0, 0.1) is 24.5 Å². The zero-order valence-electron chi connectivity index (χ0n) is 17.4. The number of anilines is 1. The van der Waals surface area contributed by atoms with E-state index in [1.165, 1.54) is 25.1 Å². The molecule has 7 nitrogen and oxygen atoms in total. The summed E-state index contributed by atoms with van der Waals surface area (Å²) in [5.74, 6) is -3.81. The number of benzene rings is 2. The SMILES string of the molecule is CNC(=O)C(NC(=O)C1CC(=O)N(c2cc(C)ccc2OC)C1)c1ccc(F)c(F)c1. The lowest BCUT2D eigenvalue weighted by Crippen LogP contribution is -2.42. The number of nitrogens with zero attached hydrogens (tertiary/aromatic N) is 1. The third-order valence-corrected chi connectivity index (χ3v) is 5.19. The minimum atomic E-state index is -1.23. The van der Waals surface area contributed by atoms with E-state index in [2.05, 4.69) is 10.6 Å². The summed E-state index contributed by atoms with van der Waals surface area (Å²) in [6.45, 7) is 1.98. The van der Waals surface area contributed by atoms with Gasteiger partial charge in [0.1, 0.15) is 11.8 Å².